The number of nitrogens with one attached hydrogen (secondary N) is 3. The summed E-state index contributed by atoms with van der Waals surface area (Å²) in [5.74, 6) is -2.02. The third-order valence-corrected chi connectivity index (χ3v) is 12.3. The number of carbonyl (C=O) groups excluding carboxylic acids is 4. The third kappa shape index (κ3) is 9.66. The molecule has 0 spiro atoms. The normalized spacial score (nSPS) is 17.6. The Morgan fingerprint density at radius 2 is 1.65 bits per heavy atom. The maximum absolute atomic E-state index is 13.6. The third-order valence-electron chi connectivity index (χ3n) is 8.93. The largest absolute Gasteiger partial charge is 0.480 e. The number of anilines is 1. The number of pyridine rings is 1. The molecule has 16 nitrogen and oxygen atoms in total. The Morgan fingerprint density at radius 3 is 2.26 bits per heavy atom. The van der Waals surface area contributed by atoms with Crippen molar-refractivity contribution in [1.29, 1.82) is 0 Å². The fraction of sp³-hybridized carbons (Fsp3) is 0.389. The smallest absolute Gasteiger partial charge is 0.415 e. The minimum Gasteiger partial charge on any atom is -0.480 e. The number of hydrogen-bond acceptors (Lipinski definition) is 10. The number of thioether (sulfide) groups is 1. The number of carboxylic acids is 1. The van der Waals surface area contributed by atoms with E-state index in [-0.39, 0.29) is 48.0 Å². The fourth-order valence-electron chi connectivity index (χ4n) is 5.95. The van der Waals surface area contributed by atoms with Gasteiger partial charge in [-0.3, -0.25) is 14.6 Å². The molecule has 2 aromatic carbocycles. The van der Waals surface area contributed by atoms with Gasteiger partial charge in [0.2, 0.25) is 15.9 Å². The average molecular weight is 782 g/mol. The summed E-state index contributed by atoms with van der Waals surface area (Å²) < 4.78 is 32.6. The number of amides is 5. The van der Waals surface area contributed by atoms with Gasteiger partial charge in [0.25, 0.3) is 5.91 Å². The SMILES string of the molecule is CCCNC(=O)Nc1ccc(C(=O)N2CCN(C(=O)Oc3ccc(C[C@H](NC(=O)[C@H]4N(S(=O)(=O)c5cccnc5)CSC4(C)C)C(=O)O)cc3)CC2)cc1. The topological polar surface area (TPSA) is 208 Å². The standard InChI is InChI=1S/C36H43N7O9S2/c1-4-15-38-34(48)39-26-11-9-25(10-12-26)32(45)41-17-19-42(20-18-41)35(49)52-27-13-7-24(8-14-27)21-29(33(46)47)40-31(44)30-36(2,3)53-23-43(30)54(50,51)28-6-5-16-37-22-28/h5-14,16,22,29-30H,4,15,17-21,23H2,1-3H3,(H,40,44)(H,46,47)(H2,38,39,48)/t29-,30+/m0/s1. The van der Waals surface area contributed by atoms with E-state index >= 15 is 0 Å². The molecular formula is C36H43N7O9S2. The summed E-state index contributed by atoms with van der Waals surface area (Å²) in [6.07, 6.45) is 2.73. The second kappa shape index (κ2) is 17.3. The lowest BCUT2D eigenvalue weighted by molar-refractivity contribution is -0.142. The second-order valence-corrected chi connectivity index (χ2v) is 16.7. The van der Waals surface area contributed by atoms with Gasteiger partial charge in [-0.25, -0.2) is 22.8 Å². The molecule has 0 radical (unpaired) electrons. The highest BCUT2D eigenvalue weighted by Crippen LogP contribution is 2.42. The van der Waals surface area contributed by atoms with Crippen LogP contribution in [0.1, 0.15) is 43.1 Å². The van der Waals surface area contributed by atoms with E-state index in [0.717, 1.165) is 10.7 Å². The van der Waals surface area contributed by atoms with Crippen molar-refractivity contribution in [3.63, 3.8) is 0 Å². The highest BCUT2D eigenvalue weighted by molar-refractivity contribution is 8.02. The maximum atomic E-state index is 13.6. The Morgan fingerprint density at radius 1 is 0.981 bits per heavy atom. The summed E-state index contributed by atoms with van der Waals surface area (Å²) in [7, 11) is -4.10. The van der Waals surface area contributed by atoms with Gasteiger partial charge in [-0.05, 0) is 74.4 Å². The van der Waals surface area contributed by atoms with Crippen molar-refractivity contribution < 1.29 is 42.2 Å². The number of aromatic nitrogens is 1. The molecule has 54 heavy (non-hydrogen) atoms. The minimum absolute atomic E-state index is 0.00308. The molecule has 0 bridgehead atoms. The highest BCUT2D eigenvalue weighted by atomic mass is 32.2. The molecule has 0 aliphatic carbocycles. The van der Waals surface area contributed by atoms with E-state index in [2.05, 4.69) is 20.9 Å². The van der Waals surface area contributed by atoms with Gasteiger partial charge in [0, 0.05) is 67.5 Å². The van der Waals surface area contributed by atoms with Gasteiger partial charge in [0.05, 0.1) is 5.88 Å². The summed E-state index contributed by atoms with van der Waals surface area (Å²) in [5.41, 5.74) is 1.53. The molecule has 2 aliphatic rings. The van der Waals surface area contributed by atoms with Gasteiger partial charge in [-0.1, -0.05) is 19.1 Å². The molecule has 2 aliphatic heterocycles. The molecular weight excluding hydrogens is 739 g/mol. The van der Waals surface area contributed by atoms with Crippen LogP contribution >= 0.6 is 11.8 Å². The molecule has 4 N–H and O–H groups in total. The molecule has 288 valence electrons. The van der Waals surface area contributed by atoms with Crippen molar-refractivity contribution in [3.05, 3.63) is 84.2 Å². The Hall–Kier alpha value is -5.20. The van der Waals surface area contributed by atoms with Crippen LogP contribution in [-0.4, -0.2) is 118 Å². The molecule has 3 aromatic rings. The van der Waals surface area contributed by atoms with E-state index in [9.17, 15) is 37.5 Å². The Bertz CT molecular complexity index is 1940. The van der Waals surface area contributed by atoms with Gasteiger partial charge in [0.1, 0.15) is 22.7 Å². The van der Waals surface area contributed by atoms with Gasteiger partial charge >= 0.3 is 18.1 Å². The highest BCUT2D eigenvalue weighted by Gasteiger charge is 2.51. The number of rotatable bonds is 12. The van der Waals surface area contributed by atoms with Crippen LogP contribution in [0.15, 0.2) is 78.0 Å². The number of sulfonamides is 1. The molecule has 1 aromatic heterocycles. The molecule has 5 amide bonds. The van der Waals surface area contributed by atoms with Crippen LogP contribution in [0.2, 0.25) is 0 Å². The van der Waals surface area contributed by atoms with Crippen molar-refractivity contribution in [2.24, 2.45) is 0 Å². The number of benzene rings is 2. The van der Waals surface area contributed by atoms with Crippen molar-refractivity contribution in [2.45, 2.75) is 55.3 Å². The molecule has 0 unspecified atom stereocenters. The fourth-order valence-corrected chi connectivity index (χ4v) is 9.08. The van der Waals surface area contributed by atoms with Crippen LogP contribution in [0.4, 0.5) is 15.3 Å². The van der Waals surface area contributed by atoms with E-state index in [1.165, 1.54) is 53.3 Å². The van der Waals surface area contributed by atoms with E-state index in [4.69, 9.17) is 4.74 Å². The first-order chi connectivity index (χ1) is 25.7. The van der Waals surface area contributed by atoms with E-state index in [1.54, 1.807) is 55.1 Å². The monoisotopic (exact) mass is 781 g/mol. The van der Waals surface area contributed by atoms with Gasteiger partial charge in [-0.2, -0.15) is 4.31 Å². The second-order valence-electron chi connectivity index (χ2n) is 13.2. The van der Waals surface area contributed by atoms with Gasteiger partial charge < -0.3 is 35.6 Å². The molecule has 2 fully saturated rings. The lowest BCUT2D eigenvalue weighted by atomic mass is 10.0. The van der Waals surface area contributed by atoms with Crippen LogP contribution in [0.3, 0.4) is 0 Å². The summed E-state index contributed by atoms with van der Waals surface area (Å²) in [6.45, 7) is 7.04. The lowest BCUT2D eigenvalue weighted by Gasteiger charge is -2.34. The summed E-state index contributed by atoms with van der Waals surface area (Å²) in [6, 6.07) is 12.7. The van der Waals surface area contributed by atoms with Crippen LogP contribution in [0.25, 0.3) is 0 Å². The number of aliphatic carboxylic acids is 1. The van der Waals surface area contributed by atoms with Crippen LogP contribution in [-0.2, 0) is 26.0 Å². The van der Waals surface area contributed by atoms with Crippen molar-refractivity contribution >= 4 is 57.4 Å². The lowest BCUT2D eigenvalue weighted by Crippen LogP contribution is -2.56. The number of hydrogen-bond donors (Lipinski definition) is 4. The molecule has 2 saturated heterocycles. The van der Waals surface area contributed by atoms with E-state index < -0.39 is 44.8 Å². The number of nitrogens with zero attached hydrogens (tertiary/aromatic N) is 4. The number of urea groups is 1. The first-order valence-corrected chi connectivity index (χ1v) is 19.7. The van der Waals surface area contributed by atoms with Crippen LogP contribution in [0, 0.1) is 0 Å². The van der Waals surface area contributed by atoms with Crippen molar-refractivity contribution in [2.75, 3.05) is 43.9 Å². The van der Waals surface area contributed by atoms with E-state index in [1.807, 2.05) is 6.92 Å². The van der Waals surface area contributed by atoms with Crippen LogP contribution in [0.5, 0.6) is 5.75 Å². The minimum atomic E-state index is -4.10. The number of piperazine rings is 1. The average Bonchev–Trinajstić information content (AvgIpc) is 3.50. The van der Waals surface area contributed by atoms with Gasteiger partial charge in [-0.15, -0.1) is 11.8 Å². The first kappa shape index (κ1) is 40.0. The quantitative estimate of drug-likeness (QED) is 0.210. The van der Waals surface area contributed by atoms with Crippen molar-refractivity contribution in [3.8, 4) is 5.75 Å². The summed E-state index contributed by atoms with van der Waals surface area (Å²) in [4.78, 5) is 70.6. The van der Waals surface area contributed by atoms with Crippen molar-refractivity contribution in [1.82, 2.24) is 29.7 Å². The predicted octanol–water partition coefficient (Wildman–Crippen LogP) is 3.22. The Balaban J connectivity index is 1.12. The van der Waals surface area contributed by atoms with Crippen LogP contribution < -0.4 is 20.7 Å². The molecule has 2 atom stereocenters. The van der Waals surface area contributed by atoms with E-state index in [0.29, 0.717) is 36.4 Å². The summed E-state index contributed by atoms with van der Waals surface area (Å²) >= 11 is 1.27. The molecule has 18 heteroatoms. The number of carboxylic acid groups (broad SMARTS) is 1. The zero-order valence-electron chi connectivity index (χ0n) is 30.1. The zero-order valence-corrected chi connectivity index (χ0v) is 31.7. The number of ether oxygens (including phenoxy) is 1. The molecule has 0 saturated carbocycles. The number of carbonyl (C=O) groups is 5. The molecule has 5 rings (SSSR count). The molecule has 3 heterocycles. The zero-order chi connectivity index (χ0) is 39.0. The first-order valence-electron chi connectivity index (χ1n) is 17.3. The maximum Gasteiger partial charge on any atom is 0.415 e. The summed E-state index contributed by atoms with van der Waals surface area (Å²) in [5, 5.41) is 17.9. The Labute approximate surface area is 317 Å². The predicted molar refractivity (Wildman–Crippen MR) is 201 cm³/mol. The Kier molecular flexibility index (Phi) is 12.8. The van der Waals surface area contributed by atoms with Gasteiger partial charge in [0.15, 0.2) is 0 Å².